The Labute approximate surface area is 286 Å². The molecule has 4 aliphatic carbocycles. The Bertz CT molecular complexity index is 1610. The molecule has 48 heavy (non-hydrogen) atoms. The summed E-state index contributed by atoms with van der Waals surface area (Å²) in [6, 6.07) is 11.7. The molecule has 2 aromatic rings. The number of carbonyl (C=O) groups excluding carboxylic acids is 3. The van der Waals surface area contributed by atoms with E-state index in [-0.39, 0.29) is 53.0 Å². The third kappa shape index (κ3) is 5.67. The van der Waals surface area contributed by atoms with Crippen molar-refractivity contribution in [2.45, 2.75) is 129 Å². The number of benzene rings is 2. The third-order valence-corrected chi connectivity index (χ3v) is 13.3. The van der Waals surface area contributed by atoms with Crippen LogP contribution in [0.3, 0.4) is 0 Å². The molecule has 3 amide bonds. The highest BCUT2D eigenvalue weighted by Crippen LogP contribution is 2.59. The van der Waals surface area contributed by atoms with Crippen LogP contribution >= 0.6 is 0 Å². The number of nitrogen functional groups attached to an aromatic ring is 1. The van der Waals surface area contributed by atoms with Crippen LogP contribution in [0.2, 0.25) is 0 Å². The molecule has 4 aliphatic rings. The summed E-state index contributed by atoms with van der Waals surface area (Å²) in [5.74, 6) is -0.365. The second-order valence-electron chi connectivity index (χ2n) is 16.7. The quantitative estimate of drug-likeness (QED) is 0.185. The number of aryl methyl sites for hydroxylation is 2. The summed E-state index contributed by atoms with van der Waals surface area (Å²) in [7, 11) is 0. The predicted molar refractivity (Wildman–Crippen MR) is 190 cm³/mol. The zero-order valence-corrected chi connectivity index (χ0v) is 29.8. The van der Waals surface area contributed by atoms with Crippen molar-refractivity contribution in [3.63, 3.8) is 0 Å². The van der Waals surface area contributed by atoms with E-state index in [0.29, 0.717) is 5.69 Å². The molecule has 2 fully saturated rings. The number of fused-ring (bicyclic) bond motifs is 6. The first-order valence-electron chi connectivity index (χ1n) is 18.2. The van der Waals surface area contributed by atoms with Crippen molar-refractivity contribution < 1.29 is 19.5 Å². The van der Waals surface area contributed by atoms with Crippen molar-refractivity contribution in [2.24, 2.45) is 22.7 Å². The first-order valence-corrected chi connectivity index (χ1v) is 18.2. The summed E-state index contributed by atoms with van der Waals surface area (Å²) in [4.78, 5) is 41.9. The molecule has 6 rings (SSSR count). The van der Waals surface area contributed by atoms with E-state index in [1.807, 2.05) is 26.0 Å². The van der Waals surface area contributed by atoms with Gasteiger partial charge in [-0.05, 0) is 121 Å². The summed E-state index contributed by atoms with van der Waals surface area (Å²) >= 11 is 0. The molecule has 260 valence electrons. The van der Waals surface area contributed by atoms with Gasteiger partial charge < -0.3 is 21.5 Å². The summed E-state index contributed by atoms with van der Waals surface area (Å²) in [5, 5.41) is 19.0. The molecule has 0 heterocycles. The van der Waals surface area contributed by atoms with Crippen LogP contribution in [0.15, 0.2) is 36.4 Å². The van der Waals surface area contributed by atoms with Crippen LogP contribution in [0.25, 0.3) is 0 Å². The van der Waals surface area contributed by atoms with Gasteiger partial charge in [-0.2, -0.15) is 0 Å². The highest BCUT2D eigenvalue weighted by molar-refractivity contribution is 6.01. The van der Waals surface area contributed by atoms with Gasteiger partial charge in [0.25, 0.3) is 0 Å². The minimum Gasteiger partial charge on any atom is -0.399 e. The molecule has 8 nitrogen and oxygen atoms in total. The number of aliphatic hydroxyl groups excluding tert-OH is 1. The van der Waals surface area contributed by atoms with Crippen molar-refractivity contribution in [2.75, 3.05) is 17.7 Å². The Kier molecular flexibility index (Phi) is 9.08. The second-order valence-corrected chi connectivity index (χ2v) is 16.7. The van der Waals surface area contributed by atoms with Crippen LogP contribution in [0.1, 0.15) is 115 Å². The number of anilines is 2. The molecule has 0 bridgehead atoms. The fourth-order valence-corrected chi connectivity index (χ4v) is 10.8. The molecule has 0 spiro atoms. The fourth-order valence-electron chi connectivity index (χ4n) is 10.8. The molecule has 0 aromatic heterocycles. The van der Waals surface area contributed by atoms with E-state index in [1.54, 1.807) is 0 Å². The molecular formula is C40H56N4O4. The molecule has 7 atom stereocenters. The van der Waals surface area contributed by atoms with Gasteiger partial charge in [0.1, 0.15) is 6.04 Å². The lowest BCUT2D eigenvalue weighted by atomic mass is 9.49. The van der Waals surface area contributed by atoms with Gasteiger partial charge in [-0.15, -0.1) is 0 Å². The van der Waals surface area contributed by atoms with Crippen molar-refractivity contribution in [3.8, 4) is 0 Å². The molecule has 0 saturated heterocycles. The Hall–Kier alpha value is -3.23. The normalized spacial score (nSPS) is 33.0. The smallest absolute Gasteiger partial charge is 0.243 e. The number of nitrogens with two attached hydrogens (primary N) is 1. The first-order chi connectivity index (χ1) is 22.7. The molecule has 0 unspecified atom stereocenters. The summed E-state index contributed by atoms with van der Waals surface area (Å²) in [5.41, 5.74) is 10.9. The van der Waals surface area contributed by atoms with Gasteiger partial charge >= 0.3 is 0 Å². The third-order valence-electron chi connectivity index (χ3n) is 13.3. The van der Waals surface area contributed by atoms with Crippen LogP contribution in [-0.4, -0.2) is 41.5 Å². The Morgan fingerprint density at radius 3 is 1.85 bits per heavy atom. The number of aliphatic hydroxyl groups is 1. The average molecular weight is 657 g/mol. The largest absolute Gasteiger partial charge is 0.399 e. The number of nitrogens with one attached hydrogen (secondary N) is 3. The highest BCUT2D eigenvalue weighted by Gasteiger charge is 2.58. The SMILES string of the molecule is CC(C)N[C@@H](CO)C(=O)Nc1ccc2c(c1)[C@@]1(C)CCC[C@](C)(C(=O)NC(=O)[C@@]3(C)CCC[C@]4(C)c5cc(N)ccc5CC[C@@H]34)[C@@H]1CC2. The Morgan fingerprint density at radius 1 is 0.812 bits per heavy atom. The Morgan fingerprint density at radius 2 is 1.33 bits per heavy atom. The van der Waals surface area contributed by atoms with Crippen LogP contribution in [0.5, 0.6) is 0 Å². The maximum absolute atomic E-state index is 14.5. The molecular weight excluding hydrogens is 600 g/mol. The number of imide groups is 1. The van der Waals surface area contributed by atoms with Crippen LogP contribution in [0.4, 0.5) is 11.4 Å². The maximum atomic E-state index is 14.5. The van der Waals surface area contributed by atoms with Gasteiger partial charge in [0, 0.05) is 17.4 Å². The minimum atomic E-state index is -0.704. The Balaban J connectivity index is 1.23. The van der Waals surface area contributed by atoms with Gasteiger partial charge in [-0.1, -0.05) is 66.5 Å². The summed E-state index contributed by atoms with van der Waals surface area (Å²) < 4.78 is 0. The van der Waals surface area contributed by atoms with E-state index in [0.717, 1.165) is 69.9 Å². The van der Waals surface area contributed by atoms with Gasteiger partial charge in [-0.25, -0.2) is 0 Å². The number of hydrogen-bond acceptors (Lipinski definition) is 6. The lowest BCUT2D eigenvalue weighted by Gasteiger charge is -2.56. The summed E-state index contributed by atoms with van der Waals surface area (Å²) in [6.07, 6.45) is 8.82. The van der Waals surface area contributed by atoms with E-state index in [4.69, 9.17) is 5.73 Å². The topological polar surface area (TPSA) is 134 Å². The molecule has 2 saturated carbocycles. The number of amides is 3. The van der Waals surface area contributed by atoms with Crippen LogP contribution in [-0.2, 0) is 38.1 Å². The number of rotatable bonds is 7. The van der Waals surface area contributed by atoms with E-state index in [2.05, 4.69) is 67.9 Å². The van der Waals surface area contributed by atoms with Crippen molar-refractivity contribution in [1.82, 2.24) is 10.6 Å². The first kappa shape index (κ1) is 34.6. The highest BCUT2D eigenvalue weighted by atomic mass is 16.3. The van der Waals surface area contributed by atoms with E-state index in [9.17, 15) is 19.5 Å². The predicted octanol–water partition coefficient (Wildman–Crippen LogP) is 5.93. The van der Waals surface area contributed by atoms with Gasteiger partial charge in [-0.3, -0.25) is 19.7 Å². The van der Waals surface area contributed by atoms with Gasteiger partial charge in [0.05, 0.1) is 17.4 Å². The average Bonchev–Trinajstić information content (AvgIpc) is 3.03. The van der Waals surface area contributed by atoms with Crippen molar-refractivity contribution >= 4 is 29.1 Å². The maximum Gasteiger partial charge on any atom is 0.243 e. The standard InChI is InChI=1S/C40H56N4O4/c1-24(2)42-31(23-45)34(46)43-28-14-10-26-12-16-33-38(4,30(26)22-28)18-8-20-40(33,6)36(48)44-35(47)39(5)19-7-17-37(3)29-21-27(41)13-9-25(29)11-15-32(37)39/h9-10,13-14,21-22,24,31-33,42,45H,7-8,11-12,15-20,23,41H2,1-6H3,(H,43,46)(H,44,47,48)/t31-,32+,33+,37+,38+,39-,40-/m0/s1. The molecule has 0 aliphatic heterocycles. The van der Waals surface area contributed by atoms with Gasteiger partial charge in [0.2, 0.25) is 17.7 Å². The van der Waals surface area contributed by atoms with Crippen molar-refractivity contribution in [3.05, 3.63) is 58.7 Å². The number of hydrogen-bond donors (Lipinski definition) is 5. The monoisotopic (exact) mass is 656 g/mol. The minimum absolute atomic E-state index is 0.0479. The molecule has 2 aromatic carbocycles. The second kappa shape index (κ2) is 12.6. The van der Waals surface area contributed by atoms with E-state index >= 15 is 0 Å². The van der Waals surface area contributed by atoms with Crippen molar-refractivity contribution in [1.29, 1.82) is 0 Å². The number of carbonyl (C=O) groups is 3. The van der Waals surface area contributed by atoms with Gasteiger partial charge in [0.15, 0.2) is 0 Å². The lowest BCUT2D eigenvalue weighted by Crippen LogP contribution is -2.60. The zero-order chi connectivity index (χ0) is 34.6. The van der Waals surface area contributed by atoms with E-state index in [1.165, 1.54) is 22.3 Å². The molecule has 6 N–H and O–H groups in total. The zero-order valence-electron chi connectivity index (χ0n) is 29.8. The summed E-state index contributed by atoms with van der Waals surface area (Å²) in [6.45, 7) is 12.3. The molecule has 8 heteroatoms. The fraction of sp³-hybridized carbons (Fsp3) is 0.625. The van der Waals surface area contributed by atoms with E-state index < -0.39 is 16.9 Å². The molecule has 0 radical (unpaired) electrons. The van der Waals surface area contributed by atoms with Crippen LogP contribution < -0.4 is 21.7 Å². The van der Waals surface area contributed by atoms with Crippen LogP contribution in [0, 0.1) is 22.7 Å². The lowest BCUT2D eigenvalue weighted by molar-refractivity contribution is -0.150.